The quantitative estimate of drug-likeness (QED) is 0.831. The zero-order chi connectivity index (χ0) is 16.0. The normalized spacial score (nSPS) is 18.8. The maximum atomic E-state index is 12.1. The molecule has 1 aliphatic rings. The number of hydrogen-bond acceptors (Lipinski definition) is 4. The molecule has 1 fully saturated rings. The van der Waals surface area contributed by atoms with E-state index in [4.69, 9.17) is 4.74 Å². The van der Waals surface area contributed by atoms with Gasteiger partial charge in [-0.05, 0) is 24.3 Å². The van der Waals surface area contributed by atoms with Crippen molar-refractivity contribution in [3.05, 3.63) is 22.4 Å². The van der Waals surface area contributed by atoms with Crippen LogP contribution in [0.25, 0.3) is 0 Å². The molecule has 1 amide bonds. The van der Waals surface area contributed by atoms with Crippen molar-refractivity contribution >= 4 is 17.2 Å². The molecule has 0 aromatic carbocycles. The van der Waals surface area contributed by atoms with Crippen LogP contribution in [0.1, 0.15) is 17.7 Å². The van der Waals surface area contributed by atoms with Crippen LogP contribution >= 0.6 is 11.3 Å². The minimum Gasteiger partial charge on any atom is -0.377 e. The number of alkyl halides is 3. The largest absolute Gasteiger partial charge is 0.405 e. The van der Waals surface area contributed by atoms with Crippen molar-refractivity contribution < 1.29 is 22.7 Å². The molecule has 124 valence electrons. The molecular formula is C14H19F3N2O2S. The Morgan fingerprint density at radius 2 is 2.32 bits per heavy atom. The summed E-state index contributed by atoms with van der Waals surface area (Å²) in [5.74, 6) is -0.619. The molecule has 1 N–H and O–H groups in total. The third-order valence-corrected chi connectivity index (χ3v) is 4.16. The van der Waals surface area contributed by atoms with Crippen molar-refractivity contribution in [3.63, 3.8) is 0 Å². The fourth-order valence-electron chi connectivity index (χ4n) is 2.34. The maximum Gasteiger partial charge on any atom is 0.405 e. The lowest BCUT2D eigenvalue weighted by Gasteiger charge is -2.24. The average molecular weight is 336 g/mol. The highest BCUT2D eigenvalue weighted by Gasteiger charge is 2.28. The summed E-state index contributed by atoms with van der Waals surface area (Å²) in [5.41, 5.74) is 0. The average Bonchev–Trinajstić information content (AvgIpc) is 3.09. The van der Waals surface area contributed by atoms with E-state index in [0.29, 0.717) is 19.7 Å². The SMILES string of the molecule is O=C(CN(Cc1cccs1)CC1CCCO1)NCC(F)(F)F. The molecule has 1 saturated heterocycles. The second-order valence-electron chi connectivity index (χ2n) is 5.28. The molecule has 8 heteroatoms. The maximum absolute atomic E-state index is 12.1. The van der Waals surface area contributed by atoms with E-state index in [1.165, 1.54) is 0 Å². The van der Waals surface area contributed by atoms with Crippen LogP contribution in [0.3, 0.4) is 0 Å². The number of nitrogens with zero attached hydrogens (tertiary/aromatic N) is 1. The molecule has 1 unspecified atom stereocenters. The van der Waals surface area contributed by atoms with Crippen LogP contribution in [0.4, 0.5) is 13.2 Å². The topological polar surface area (TPSA) is 41.6 Å². The van der Waals surface area contributed by atoms with Crippen molar-refractivity contribution in [1.82, 2.24) is 10.2 Å². The van der Waals surface area contributed by atoms with E-state index in [9.17, 15) is 18.0 Å². The fraction of sp³-hybridized carbons (Fsp3) is 0.643. The van der Waals surface area contributed by atoms with E-state index < -0.39 is 18.6 Å². The highest BCUT2D eigenvalue weighted by Crippen LogP contribution is 2.17. The van der Waals surface area contributed by atoms with Crippen molar-refractivity contribution in [2.24, 2.45) is 0 Å². The molecule has 0 radical (unpaired) electrons. The second-order valence-corrected chi connectivity index (χ2v) is 6.31. The number of thiophene rings is 1. The lowest BCUT2D eigenvalue weighted by molar-refractivity contribution is -0.139. The summed E-state index contributed by atoms with van der Waals surface area (Å²) in [6, 6.07) is 3.86. The predicted octanol–water partition coefficient (Wildman–Crippen LogP) is 2.41. The second kappa shape index (κ2) is 7.94. The van der Waals surface area contributed by atoms with Crippen molar-refractivity contribution in [2.45, 2.75) is 31.7 Å². The summed E-state index contributed by atoms with van der Waals surface area (Å²) in [6.45, 7) is 0.443. The first kappa shape index (κ1) is 17.2. The van der Waals surface area contributed by atoms with Crippen molar-refractivity contribution in [3.8, 4) is 0 Å². The van der Waals surface area contributed by atoms with Crippen LogP contribution in [-0.4, -0.2) is 49.3 Å². The number of nitrogens with one attached hydrogen (secondary N) is 1. The van der Waals surface area contributed by atoms with Crippen LogP contribution in [0.15, 0.2) is 17.5 Å². The number of rotatable bonds is 7. The Kier molecular flexibility index (Phi) is 6.22. The Morgan fingerprint density at radius 1 is 1.50 bits per heavy atom. The van der Waals surface area contributed by atoms with Gasteiger partial charge in [0.1, 0.15) is 6.54 Å². The van der Waals surface area contributed by atoms with E-state index in [-0.39, 0.29) is 12.6 Å². The minimum atomic E-state index is -4.39. The summed E-state index contributed by atoms with van der Waals surface area (Å²) in [7, 11) is 0. The number of halogens is 3. The molecule has 0 aliphatic carbocycles. The van der Waals surface area contributed by atoms with Gasteiger partial charge in [0.25, 0.3) is 0 Å². The molecule has 1 atom stereocenters. The lowest BCUT2D eigenvalue weighted by Crippen LogP contribution is -2.43. The van der Waals surface area contributed by atoms with Gasteiger partial charge in [0, 0.05) is 24.6 Å². The van der Waals surface area contributed by atoms with Gasteiger partial charge in [-0.1, -0.05) is 6.07 Å². The third-order valence-electron chi connectivity index (χ3n) is 3.30. The predicted molar refractivity (Wildman–Crippen MR) is 77.6 cm³/mol. The van der Waals surface area contributed by atoms with Crippen LogP contribution in [0.2, 0.25) is 0 Å². The van der Waals surface area contributed by atoms with Gasteiger partial charge in [0.15, 0.2) is 0 Å². The summed E-state index contributed by atoms with van der Waals surface area (Å²) in [5, 5.41) is 3.85. The molecule has 1 aromatic heterocycles. The highest BCUT2D eigenvalue weighted by atomic mass is 32.1. The number of ether oxygens (including phenoxy) is 1. The van der Waals surface area contributed by atoms with Gasteiger partial charge < -0.3 is 10.1 Å². The van der Waals surface area contributed by atoms with Crippen LogP contribution in [-0.2, 0) is 16.1 Å². The zero-order valence-corrected chi connectivity index (χ0v) is 12.9. The van der Waals surface area contributed by atoms with E-state index in [0.717, 1.165) is 17.7 Å². The molecule has 2 heterocycles. The van der Waals surface area contributed by atoms with E-state index in [1.807, 2.05) is 27.7 Å². The minimum absolute atomic E-state index is 0.0513. The Labute approximate surface area is 131 Å². The van der Waals surface area contributed by atoms with Gasteiger partial charge in [-0.15, -0.1) is 11.3 Å². The number of hydrogen-bond donors (Lipinski definition) is 1. The Bertz CT molecular complexity index is 459. The Balaban J connectivity index is 1.86. The van der Waals surface area contributed by atoms with Gasteiger partial charge >= 0.3 is 6.18 Å². The Hall–Kier alpha value is -1.12. The van der Waals surface area contributed by atoms with Gasteiger partial charge in [-0.3, -0.25) is 9.69 Å². The van der Waals surface area contributed by atoms with Crippen LogP contribution < -0.4 is 5.32 Å². The monoisotopic (exact) mass is 336 g/mol. The smallest absolute Gasteiger partial charge is 0.377 e. The third kappa shape index (κ3) is 6.33. The summed E-state index contributed by atoms with van der Waals surface area (Å²) in [6.07, 6.45) is -2.43. The summed E-state index contributed by atoms with van der Waals surface area (Å²) >= 11 is 1.56. The van der Waals surface area contributed by atoms with Gasteiger partial charge in [0.05, 0.1) is 12.6 Å². The van der Waals surface area contributed by atoms with Crippen molar-refractivity contribution in [2.75, 3.05) is 26.2 Å². The van der Waals surface area contributed by atoms with Crippen LogP contribution in [0, 0.1) is 0 Å². The molecule has 0 saturated carbocycles. The molecule has 2 rings (SSSR count). The van der Waals surface area contributed by atoms with Gasteiger partial charge in [-0.25, -0.2) is 0 Å². The van der Waals surface area contributed by atoms with Gasteiger partial charge in [-0.2, -0.15) is 13.2 Å². The first-order valence-corrected chi connectivity index (χ1v) is 8.00. The molecule has 4 nitrogen and oxygen atoms in total. The Morgan fingerprint density at radius 3 is 2.91 bits per heavy atom. The molecular weight excluding hydrogens is 317 g/mol. The number of carbonyl (C=O) groups excluding carboxylic acids is 1. The standard InChI is InChI=1S/C14H19F3N2O2S/c15-14(16,17)10-18-13(20)9-19(7-11-3-1-5-21-11)8-12-4-2-6-22-12/h2,4,6,11H,1,3,5,7-10H2,(H,18,20). The fourth-order valence-corrected chi connectivity index (χ4v) is 3.09. The van der Waals surface area contributed by atoms with Gasteiger partial charge in [0.2, 0.25) is 5.91 Å². The molecule has 1 aliphatic heterocycles. The molecule has 22 heavy (non-hydrogen) atoms. The number of carbonyl (C=O) groups is 1. The van der Waals surface area contributed by atoms with E-state index in [2.05, 4.69) is 0 Å². The molecule has 0 spiro atoms. The highest BCUT2D eigenvalue weighted by molar-refractivity contribution is 7.09. The molecule has 1 aromatic rings. The summed E-state index contributed by atoms with van der Waals surface area (Å²) in [4.78, 5) is 14.6. The van der Waals surface area contributed by atoms with E-state index >= 15 is 0 Å². The van der Waals surface area contributed by atoms with Crippen LogP contribution in [0.5, 0.6) is 0 Å². The van der Waals surface area contributed by atoms with E-state index in [1.54, 1.807) is 11.3 Å². The number of amides is 1. The molecule has 0 bridgehead atoms. The van der Waals surface area contributed by atoms with Crippen molar-refractivity contribution in [1.29, 1.82) is 0 Å². The zero-order valence-electron chi connectivity index (χ0n) is 12.1. The summed E-state index contributed by atoms with van der Waals surface area (Å²) < 4.78 is 42.0. The lowest BCUT2D eigenvalue weighted by atomic mass is 10.2. The first-order chi connectivity index (χ1) is 10.4. The first-order valence-electron chi connectivity index (χ1n) is 7.12.